The van der Waals surface area contributed by atoms with Crippen molar-refractivity contribution >= 4 is 5.69 Å². The molecule has 1 aromatic heterocycles. The summed E-state index contributed by atoms with van der Waals surface area (Å²) < 4.78 is 4.92. The quantitative estimate of drug-likeness (QED) is 0.600. The van der Waals surface area contributed by atoms with Gasteiger partial charge in [0, 0.05) is 6.20 Å². The third-order valence-corrected chi connectivity index (χ3v) is 2.35. The third-order valence-electron chi connectivity index (χ3n) is 2.35. The molecule has 0 bridgehead atoms. The Morgan fingerprint density at radius 3 is 2.53 bits per heavy atom. The second kappa shape index (κ2) is 4.61. The molecule has 0 spiro atoms. The molecule has 0 amide bonds. The highest BCUT2D eigenvalue weighted by Gasteiger charge is 2.22. The van der Waals surface area contributed by atoms with Crippen LogP contribution < -0.4 is 4.74 Å². The number of methoxy groups -OCH3 is 1. The Balaban J connectivity index is 2.66. The van der Waals surface area contributed by atoms with Crippen LogP contribution in [-0.4, -0.2) is 17.0 Å². The predicted octanol–water partition coefficient (Wildman–Crippen LogP) is 2.67. The van der Waals surface area contributed by atoms with Gasteiger partial charge in [0.15, 0.2) is 0 Å². The fourth-order valence-corrected chi connectivity index (χ4v) is 1.61. The van der Waals surface area contributed by atoms with Gasteiger partial charge >= 0.3 is 5.69 Å². The summed E-state index contributed by atoms with van der Waals surface area (Å²) in [5, 5.41) is 11.1. The van der Waals surface area contributed by atoms with Gasteiger partial charge in [0.2, 0.25) is 0 Å². The highest BCUT2D eigenvalue weighted by molar-refractivity contribution is 5.75. The summed E-state index contributed by atoms with van der Waals surface area (Å²) in [6, 6.07) is 10.7. The molecule has 0 N–H and O–H groups in total. The Hall–Kier alpha value is -2.43. The first-order valence-corrected chi connectivity index (χ1v) is 4.97. The predicted molar refractivity (Wildman–Crippen MR) is 62.9 cm³/mol. The maximum Gasteiger partial charge on any atom is 0.338 e. The second-order valence-electron chi connectivity index (χ2n) is 3.34. The maximum atomic E-state index is 11.1. The molecule has 0 atom stereocenters. The summed E-state index contributed by atoms with van der Waals surface area (Å²) in [5.41, 5.74) is 1.16. The summed E-state index contributed by atoms with van der Waals surface area (Å²) in [7, 11) is 1.37. The number of ether oxygens (including phenoxy) is 1. The average molecular weight is 230 g/mol. The molecule has 86 valence electrons. The van der Waals surface area contributed by atoms with E-state index in [-0.39, 0.29) is 11.6 Å². The number of pyridine rings is 1. The molecule has 17 heavy (non-hydrogen) atoms. The van der Waals surface area contributed by atoms with Crippen molar-refractivity contribution in [2.75, 3.05) is 7.11 Å². The van der Waals surface area contributed by atoms with Gasteiger partial charge in [-0.1, -0.05) is 30.3 Å². The molecule has 0 radical (unpaired) electrons. The van der Waals surface area contributed by atoms with E-state index < -0.39 is 4.92 Å². The van der Waals surface area contributed by atoms with E-state index in [1.165, 1.54) is 13.3 Å². The summed E-state index contributed by atoms with van der Waals surface area (Å²) in [6.07, 6.45) is 1.49. The average Bonchev–Trinajstić information content (AvgIpc) is 2.38. The zero-order chi connectivity index (χ0) is 12.3. The largest absolute Gasteiger partial charge is 0.476 e. The first-order valence-electron chi connectivity index (χ1n) is 4.97. The monoisotopic (exact) mass is 230 g/mol. The Labute approximate surface area is 97.8 Å². The molecule has 5 nitrogen and oxygen atoms in total. The van der Waals surface area contributed by atoms with Gasteiger partial charge in [-0.2, -0.15) is 0 Å². The Morgan fingerprint density at radius 2 is 1.94 bits per heavy atom. The van der Waals surface area contributed by atoms with Crippen LogP contribution in [0.5, 0.6) is 5.88 Å². The van der Waals surface area contributed by atoms with E-state index in [9.17, 15) is 10.1 Å². The van der Waals surface area contributed by atoms with E-state index >= 15 is 0 Å². The lowest BCUT2D eigenvalue weighted by Gasteiger charge is -2.05. The van der Waals surface area contributed by atoms with Gasteiger partial charge in [-0.15, -0.1) is 0 Å². The van der Waals surface area contributed by atoms with Gasteiger partial charge in [0.25, 0.3) is 5.88 Å². The molecule has 1 aromatic carbocycles. The molecule has 5 heteroatoms. The number of nitrogens with zero attached hydrogens (tertiary/aromatic N) is 2. The zero-order valence-corrected chi connectivity index (χ0v) is 9.16. The lowest BCUT2D eigenvalue weighted by molar-refractivity contribution is -0.385. The molecular weight excluding hydrogens is 220 g/mol. The van der Waals surface area contributed by atoms with Gasteiger partial charge in [-0.3, -0.25) is 10.1 Å². The molecule has 1 heterocycles. The van der Waals surface area contributed by atoms with E-state index in [0.717, 1.165) is 5.56 Å². The van der Waals surface area contributed by atoms with Crippen molar-refractivity contribution in [3.8, 4) is 17.0 Å². The van der Waals surface area contributed by atoms with Crippen molar-refractivity contribution in [1.82, 2.24) is 4.98 Å². The summed E-state index contributed by atoms with van der Waals surface area (Å²) in [4.78, 5) is 14.4. The minimum Gasteiger partial charge on any atom is -0.476 e. The molecule has 2 rings (SSSR count). The SMILES string of the molecule is COc1nccc(-c2ccccc2)c1[N+](=O)[O-]. The number of nitro groups is 1. The molecular formula is C12H10N2O3. The van der Waals surface area contributed by atoms with Crippen molar-refractivity contribution in [3.63, 3.8) is 0 Å². The minimum absolute atomic E-state index is 0.0244. The molecule has 0 aliphatic rings. The van der Waals surface area contributed by atoms with E-state index in [4.69, 9.17) is 4.74 Å². The summed E-state index contributed by atoms with van der Waals surface area (Å²) >= 11 is 0. The van der Waals surface area contributed by atoms with Crippen LogP contribution >= 0.6 is 0 Å². The van der Waals surface area contributed by atoms with Crippen LogP contribution in [0.1, 0.15) is 0 Å². The van der Waals surface area contributed by atoms with Gasteiger partial charge in [0.1, 0.15) is 0 Å². The lowest BCUT2D eigenvalue weighted by atomic mass is 10.1. The van der Waals surface area contributed by atoms with Crippen molar-refractivity contribution in [1.29, 1.82) is 0 Å². The van der Waals surface area contributed by atoms with E-state index in [1.807, 2.05) is 30.3 Å². The first kappa shape index (κ1) is 11.1. The highest BCUT2D eigenvalue weighted by atomic mass is 16.6. The second-order valence-corrected chi connectivity index (χ2v) is 3.34. The Bertz CT molecular complexity index is 541. The Kier molecular flexibility index (Phi) is 3.00. The molecule has 0 aliphatic heterocycles. The fraction of sp³-hybridized carbons (Fsp3) is 0.0833. The van der Waals surface area contributed by atoms with E-state index in [1.54, 1.807) is 6.07 Å². The zero-order valence-electron chi connectivity index (χ0n) is 9.16. The third kappa shape index (κ3) is 2.08. The lowest BCUT2D eigenvalue weighted by Crippen LogP contribution is -1.98. The van der Waals surface area contributed by atoms with Gasteiger partial charge in [-0.05, 0) is 11.6 Å². The molecule has 0 saturated carbocycles. The number of hydrogen-bond donors (Lipinski definition) is 0. The van der Waals surface area contributed by atoms with Crippen LogP contribution in [0.2, 0.25) is 0 Å². The van der Waals surface area contributed by atoms with E-state index in [0.29, 0.717) is 5.56 Å². The fourth-order valence-electron chi connectivity index (χ4n) is 1.61. The van der Waals surface area contributed by atoms with Crippen LogP contribution in [-0.2, 0) is 0 Å². The van der Waals surface area contributed by atoms with Crippen molar-refractivity contribution in [2.24, 2.45) is 0 Å². The molecule has 0 saturated heterocycles. The number of benzene rings is 1. The molecule has 0 fully saturated rings. The molecule has 2 aromatic rings. The Morgan fingerprint density at radius 1 is 1.24 bits per heavy atom. The van der Waals surface area contributed by atoms with Crippen molar-refractivity contribution < 1.29 is 9.66 Å². The number of rotatable bonds is 3. The minimum atomic E-state index is -0.478. The normalized spacial score (nSPS) is 9.94. The number of hydrogen-bond acceptors (Lipinski definition) is 4. The summed E-state index contributed by atoms with van der Waals surface area (Å²) in [5.74, 6) is 0.0244. The smallest absolute Gasteiger partial charge is 0.338 e. The van der Waals surface area contributed by atoms with Crippen LogP contribution in [0, 0.1) is 10.1 Å². The van der Waals surface area contributed by atoms with Crippen molar-refractivity contribution in [2.45, 2.75) is 0 Å². The van der Waals surface area contributed by atoms with Gasteiger partial charge in [0.05, 0.1) is 17.6 Å². The maximum absolute atomic E-state index is 11.1. The van der Waals surface area contributed by atoms with E-state index in [2.05, 4.69) is 4.98 Å². The highest BCUT2D eigenvalue weighted by Crippen LogP contribution is 2.35. The number of aromatic nitrogens is 1. The van der Waals surface area contributed by atoms with Crippen LogP contribution in [0.25, 0.3) is 11.1 Å². The van der Waals surface area contributed by atoms with Gasteiger partial charge in [-0.25, -0.2) is 4.98 Å². The van der Waals surface area contributed by atoms with Crippen LogP contribution in [0.3, 0.4) is 0 Å². The molecule has 0 aliphatic carbocycles. The van der Waals surface area contributed by atoms with Crippen LogP contribution in [0.15, 0.2) is 42.6 Å². The van der Waals surface area contributed by atoms with Crippen LogP contribution in [0.4, 0.5) is 5.69 Å². The van der Waals surface area contributed by atoms with Crippen molar-refractivity contribution in [3.05, 3.63) is 52.7 Å². The molecule has 0 unspecified atom stereocenters. The summed E-state index contributed by atoms with van der Waals surface area (Å²) in [6.45, 7) is 0. The first-order chi connectivity index (χ1) is 8.24. The standard InChI is InChI=1S/C12H10N2O3/c1-17-12-11(14(15)16)10(7-8-13-12)9-5-3-2-4-6-9/h2-8H,1H3. The van der Waals surface area contributed by atoms with Gasteiger partial charge < -0.3 is 4.74 Å². The topological polar surface area (TPSA) is 65.3 Å².